The fourth-order valence-electron chi connectivity index (χ4n) is 2.47. The number of allylic oxidation sites excluding steroid dienone is 2. The first-order valence-electron chi connectivity index (χ1n) is 7.03. The SMILES string of the molecule is C/C=C/C(C)C1CCN(C)CC1OC(C)=O.CC. The molecule has 1 fully saturated rings. The van der Waals surface area contributed by atoms with Gasteiger partial charge in [-0.1, -0.05) is 32.9 Å². The molecule has 1 saturated heterocycles. The summed E-state index contributed by atoms with van der Waals surface area (Å²) in [6, 6.07) is 0. The second-order valence-corrected chi connectivity index (χ2v) is 4.75. The van der Waals surface area contributed by atoms with Gasteiger partial charge >= 0.3 is 5.97 Å². The van der Waals surface area contributed by atoms with E-state index < -0.39 is 0 Å². The van der Waals surface area contributed by atoms with Crippen LogP contribution in [0.5, 0.6) is 0 Å². The number of rotatable bonds is 3. The Balaban J connectivity index is 0.00000137. The number of hydrogen-bond donors (Lipinski definition) is 0. The van der Waals surface area contributed by atoms with Crippen LogP contribution >= 0.6 is 0 Å². The number of carbonyl (C=O) groups is 1. The van der Waals surface area contributed by atoms with Gasteiger partial charge in [-0.3, -0.25) is 4.79 Å². The second kappa shape index (κ2) is 9.15. The van der Waals surface area contributed by atoms with Gasteiger partial charge in [0, 0.05) is 19.4 Å². The summed E-state index contributed by atoms with van der Waals surface area (Å²) in [5.41, 5.74) is 0. The highest BCUT2D eigenvalue weighted by molar-refractivity contribution is 5.66. The number of carbonyl (C=O) groups excluding carboxylic acids is 1. The van der Waals surface area contributed by atoms with Crippen molar-refractivity contribution < 1.29 is 9.53 Å². The molecule has 0 amide bonds. The van der Waals surface area contributed by atoms with Crippen LogP contribution in [0.15, 0.2) is 12.2 Å². The van der Waals surface area contributed by atoms with Crippen LogP contribution in [0.2, 0.25) is 0 Å². The summed E-state index contributed by atoms with van der Waals surface area (Å²) in [5, 5.41) is 0. The van der Waals surface area contributed by atoms with Crippen molar-refractivity contribution >= 4 is 5.97 Å². The minimum atomic E-state index is -0.169. The third-order valence-electron chi connectivity index (χ3n) is 3.30. The van der Waals surface area contributed by atoms with Gasteiger partial charge in [0.05, 0.1) is 0 Å². The van der Waals surface area contributed by atoms with E-state index in [0.717, 1.165) is 19.5 Å². The van der Waals surface area contributed by atoms with Gasteiger partial charge in [-0.25, -0.2) is 0 Å². The molecule has 0 N–H and O–H groups in total. The molecule has 3 heteroatoms. The molecule has 0 bridgehead atoms. The lowest BCUT2D eigenvalue weighted by molar-refractivity contribution is -0.153. The number of piperidine rings is 1. The van der Waals surface area contributed by atoms with E-state index >= 15 is 0 Å². The zero-order valence-electron chi connectivity index (χ0n) is 12.8. The van der Waals surface area contributed by atoms with Crippen LogP contribution in [0, 0.1) is 11.8 Å². The van der Waals surface area contributed by atoms with Crippen molar-refractivity contribution in [2.75, 3.05) is 20.1 Å². The summed E-state index contributed by atoms with van der Waals surface area (Å²) in [4.78, 5) is 13.3. The Bertz CT molecular complexity index is 263. The Hall–Kier alpha value is -0.830. The fraction of sp³-hybridized carbons (Fsp3) is 0.800. The van der Waals surface area contributed by atoms with Gasteiger partial charge in [0.1, 0.15) is 6.10 Å². The van der Waals surface area contributed by atoms with Gasteiger partial charge in [0.15, 0.2) is 0 Å². The van der Waals surface area contributed by atoms with E-state index in [4.69, 9.17) is 4.74 Å². The van der Waals surface area contributed by atoms with Crippen LogP contribution in [-0.2, 0) is 9.53 Å². The summed E-state index contributed by atoms with van der Waals surface area (Å²) in [7, 11) is 2.08. The third-order valence-corrected chi connectivity index (χ3v) is 3.30. The molecule has 1 heterocycles. The summed E-state index contributed by atoms with van der Waals surface area (Å²) in [5.74, 6) is 0.761. The minimum Gasteiger partial charge on any atom is -0.461 e. The second-order valence-electron chi connectivity index (χ2n) is 4.75. The van der Waals surface area contributed by atoms with E-state index in [9.17, 15) is 4.79 Å². The van der Waals surface area contributed by atoms with E-state index in [1.165, 1.54) is 6.92 Å². The molecule has 0 aliphatic carbocycles. The van der Waals surface area contributed by atoms with Crippen LogP contribution in [0.4, 0.5) is 0 Å². The van der Waals surface area contributed by atoms with Crippen molar-refractivity contribution in [2.45, 2.75) is 47.1 Å². The lowest BCUT2D eigenvalue weighted by Crippen LogP contribution is -2.45. The standard InChI is InChI=1S/C13H23NO2.C2H6/c1-5-6-10(2)12-7-8-14(4)9-13(12)16-11(3)15;1-2/h5-6,10,12-13H,7-9H2,1-4H3;1-2H3/b6-5+;. The first kappa shape index (κ1) is 17.2. The molecule has 18 heavy (non-hydrogen) atoms. The number of nitrogens with zero attached hydrogens (tertiary/aromatic N) is 1. The maximum Gasteiger partial charge on any atom is 0.302 e. The predicted molar refractivity (Wildman–Crippen MR) is 76.5 cm³/mol. The summed E-state index contributed by atoms with van der Waals surface area (Å²) < 4.78 is 5.43. The molecule has 3 nitrogen and oxygen atoms in total. The molecule has 0 aromatic rings. The molecule has 3 atom stereocenters. The lowest BCUT2D eigenvalue weighted by Gasteiger charge is -2.38. The molecule has 0 aromatic carbocycles. The fourth-order valence-corrected chi connectivity index (χ4v) is 2.47. The molecule has 1 aliphatic rings. The van der Waals surface area contributed by atoms with E-state index in [0.29, 0.717) is 11.8 Å². The van der Waals surface area contributed by atoms with Crippen molar-refractivity contribution in [3.05, 3.63) is 12.2 Å². The van der Waals surface area contributed by atoms with Crippen molar-refractivity contribution in [1.29, 1.82) is 0 Å². The number of esters is 1. The van der Waals surface area contributed by atoms with Gasteiger partial charge in [-0.2, -0.15) is 0 Å². The smallest absolute Gasteiger partial charge is 0.302 e. The first-order valence-corrected chi connectivity index (χ1v) is 7.03. The first-order chi connectivity index (χ1) is 8.54. The van der Waals surface area contributed by atoms with Gasteiger partial charge < -0.3 is 9.64 Å². The third kappa shape index (κ3) is 5.67. The Kier molecular flexibility index (Phi) is 8.73. The van der Waals surface area contributed by atoms with Gasteiger partial charge in [0.2, 0.25) is 0 Å². The number of likely N-dealkylation sites (tertiary alicyclic amines) is 1. The van der Waals surface area contributed by atoms with Crippen molar-refractivity contribution in [3.8, 4) is 0 Å². The normalized spacial score (nSPS) is 26.3. The van der Waals surface area contributed by atoms with E-state index in [1.807, 2.05) is 20.8 Å². The molecule has 0 spiro atoms. The van der Waals surface area contributed by atoms with Gasteiger partial charge in [0.25, 0.3) is 0 Å². The highest BCUT2D eigenvalue weighted by Gasteiger charge is 2.32. The largest absolute Gasteiger partial charge is 0.461 e. The van der Waals surface area contributed by atoms with E-state index in [1.54, 1.807) is 0 Å². The Labute approximate surface area is 112 Å². The minimum absolute atomic E-state index is 0.0439. The maximum atomic E-state index is 11.1. The van der Waals surface area contributed by atoms with Crippen molar-refractivity contribution in [3.63, 3.8) is 0 Å². The molecule has 0 radical (unpaired) electrons. The molecule has 0 aromatic heterocycles. The maximum absolute atomic E-state index is 11.1. The highest BCUT2D eigenvalue weighted by atomic mass is 16.5. The lowest BCUT2D eigenvalue weighted by atomic mass is 9.83. The van der Waals surface area contributed by atoms with E-state index in [2.05, 4.69) is 31.0 Å². The average molecular weight is 255 g/mol. The summed E-state index contributed by atoms with van der Waals surface area (Å²) >= 11 is 0. The Morgan fingerprint density at radius 2 is 2.06 bits per heavy atom. The van der Waals surface area contributed by atoms with Crippen molar-refractivity contribution in [2.24, 2.45) is 11.8 Å². The molecular formula is C15H29NO2. The zero-order chi connectivity index (χ0) is 14.1. The monoisotopic (exact) mass is 255 g/mol. The van der Waals surface area contributed by atoms with Crippen LogP contribution in [0.25, 0.3) is 0 Å². The Morgan fingerprint density at radius 1 is 1.44 bits per heavy atom. The quantitative estimate of drug-likeness (QED) is 0.573. The van der Waals surface area contributed by atoms with Gasteiger partial charge in [-0.15, -0.1) is 0 Å². The number of hydrogen-bond acceptors (Lipinski definition) is 3. The number of ether oxygens (including phenoxy) is 1. The molecule has 3 unspecified atom stereocenters. The summed E-state index contributed by atoms with van der Waals surface area (Å²) in [6.45, 7) is 11.7. The average Bonchev–Trinajstić information content (AvgIpc) is 2.31. The number of likely N-dealkylation sites (N-methyl/N-ethyl adjacent to an activating group) is 1. The van der Waals surface area contributed by atoms with Crippen LogP contribution < -0.4 is 0 Å². The topological polar surface area (TPSA) is 29.5 Å². The zero-order valence-corrected chi connectivity index (χ0v) is 12.8. The molecular weight excluding hydrogens is 226 g/mol. The Morgan fingerprint density at radius 3 is 2.56 bits per heavy atom. The van der Waals surface area contributed by atoms with Crippen LogP contribution in [0.1, 0.15) is 41.0 Å². The van der Waals surface area contributed by atoms with E-state index in [-0.39, 0.29) is 12.1 Å². The molecule has 1 rings (SSSR count). The van der Waals surface area contributed by atoms with Crippen LogP contribution in [-0.4, -0.2) is 37.1 Å². The predicted octanol–water partition coefficient (Wildman–Crippen LogP) is 3.11. The highest BCUT2D eigenvalue weighted by Crippen LogP contribution is 2.27. The molecule has 106 valence electrons. The summed E-state index contributed by atoms with van der Waals surface area (Å²) in [6.07, 6.45) is 5.42. The van der Waals surface area contributed by atoms with Crippen molar-refractivity contribution in [1.82, 2.24) is 4.90 Å². The molecule has 0 saturated carbocycles. The van der Waals surface area contributed by atoms with Gasteiger partial charge in [-0.05, 0) is 32.9 Å². The molecule has 1 aliphatic heterocycles. The van der Waals surface area contributed by atoms with Crippen LogP contribution in [0.3, 0.4) is 0 Å².